The van der Waals surface area contributed by atoms with Crippen molar-refractivity contribution < 1.29 is 28.6 Å². The average Bonchev–Trinajstić information content (AvgIpc) is 3.30. The average molecular weight is 920 g/mol. The Labute approximate surface area is 406 Å². The number of esters is 3. The minimum Gasteiger partial charge on any atom is -0.462 e. The second-order valence-electron chi connectivity index (χ2n) is 20.5. The lowest BCUT2D eigenvalue weighted by Crippen LogP contribution is -2.30. The first-order valence-corrected chi connectivity index (χ1v) is 29.4. The van der Waals surface area contributed by atoms with E-state index in [4.69, 9.17) is 14.2 Å². The van der Waals surface area contributed by atoms with Crippen molar-refractivity contribution in [2.45, 2.75) is 342 Å². The summed E-state index contributed by atoms with van der Waals surface area (Å²) in [6.45, 7) is 9.10. The summed E-state index contributed by atoms with van der Waals surface area (Å²) in [5, 5.41) is 0. The van der Waals surface area contributed by atoms with Gasteiger partial charge in [-0.05, 0) is 25.2 Å². The Morgan fingerprint density at radius 3 is 0.800 bits per heavy atom. The fraction of sp³-hybridized carbons (Fsp3) is 0.949. The molecule has 0 fully saturated rings. The van der Waals surface area contributed by atoms with Gasteiger partial charge < -0.3 is 14.2 Å². The van der Waals surface area contributed by atoms with E-state index in [1.54, 1.807) is 0 Å². The Morgan fingerprint density at radius 2 is 0.538 bits per heavy atom. The van der Waals surface area contributed by atoms with Gasteiger partial charge >= 0.3 is 17.9 Å². The minimum absolute atomic E-state index is 0.0618. The van der Waals surface area contributed by atoms with Crippen LogP contribution in [0, 0.1) is 5.92 Å². The zero-order valence-electron chi connectivity index (χ0n) is 44.5. The first-order chi connectivity index (χ1) is 31.9. The Bertz CT molecular complexity index is 982. The first kappa shape index (κ1) is 63.4. The van der Waals surface area contributed by atoms with E-state index in [-0.39, 0.29) is 31.1 Å². The zero-order valence-corrected chi connectivity index (χ0v) is 44.5. The molecular formula is C59H114O6. The summed E-state index contributed by atoms with van der Waals surface area (Å²) in [5.74, 6) is 0.0741. The number of ether oxygens (including phenoxy) is 3. The van der Waals surface area contributed by atoms with Crippen molar-refractivity contribution in [3.63, 3.8) is 0 Å². The summed E-state index contributed by atoms with van der Waals surface area (Å²) < 4.78 is 16.9. The molecule has 0 aliphatic carbocycles. The van der Waals surface area contributed by atoms with Crippen LogP contribution in [0.3, 0.4) is 0 Å². The van der Waals surface area contributed by atoms with Gasteiger partial charge in [0.1, 0.15) is 13.2 Å². The fourth-order valence-corrected chi connectivity index (χ4v) is 9.07. The third-order valence-electron chi connectivity index (χ3n) is 13.9. The van der Waals surface area contributed by atoms with Gasteiger partial charge in [0.15, 0.2) is 6.10 Å². The standard InChI is InChI=1S/C59H114O6/c1-5-8-10-12-14-16-18-26-31-35-39-43-47-51-58(61)64-54-56(53-63-57(60)50-46-42-38-34-30-19-17-15-13-11-9-6-2)65-59(62)52-48-44-40-36-32-28-25-23-21-20-22-24-27-29-33-37-41-45-49-55(4)7-3/h55-56H,5-54H2,1-4H3/t55?,56-/m0/s1. The topological polar surface area (TPSA) is 78.9 Å². The van der Waals surface area contributed by atoms with E-state index in [2.05, 4.69) is 27.7 Å². The van der Waals surface area contributed by atoms with Crippen LogP contribution >= 0.6 is 0 Å². The van der Waals surface area contributed by atoms with Gasteiger partial charge in [0.2, 0.25) is 0 Å². The van der Waals surface area contributed by atoms with Crippen LogP contribution in [0.25, 0.3) is 0 Å². The smallest absolute Gasteiger partial charge is 0.306 e. The molecule has 386 valence electrons. The number of carbonyl (C=O) groups is 3. The highest BCUT2D eigenvalue weighted by molar-refractivity contribution is 5.71. The molecule has 0 aromatic carbocycles. The van der Waals surface area contributed by atoms with Crippen LogP contribution in [0.1, 0.15) is 336 Å². The largest absolute Gasteiger partial charge is 0.462 e. The third-order valence-corrected chi connectivity index (χ3v) is 13.9. The van der Waals surface area contributed by atoms with Crippen LogP contribution < -0.4 is 0 Å². The van der Waals surface area contributed by atoms with Gasteiger partial charge in [-0.15, -0.1) is 0 Å². The quantitative estimate of drug-likeness (QED) is 0.0344. The zero-order chi connectivity index (χ0) is 47.4. The Balaban J connectivity index is 4.23. The van der Waals surface area contributed by atoms with Gasteiger partial charge in [-0.1, -0.05) is 297 Å². The molecule has 1 unspecified atom stereocenters. The molecule has 0 heterocycles. The van der Waals surface area contributed by atoms with E-state index in [1.807, 2.05) is 0 Å². The van der Waals surface area contributed by atoms with Crippen LogP contribution in [0.5, 0.6) is 0 Å². The molecule has 0 saturated carbocycles. The van der Waals surface area contributed by atoms with Crippen molar-refractivity contribution in [3.05, 3.63) is 0 Å². The molecule has 0 saturated heterocycles. The van der Waals surface area contributed by atoms with Crippen molar-refractivity contribution in [1.82, 2.24) is 0 Å². The molecule has 6 heteroatoms. The monoisotopic (exact) mass is 919 g/mol. The fourth-order valence-electron chi connectivity index (χ4n) is 9.07. The molecule has 0 bridgehead atoms. The number of rotatable bonds is 54. The van der Waals surface area contributed by atoms with E-state index < -0.39 is 6.10 Å². The van der Waals surface area contributed by atoms with E-state index >= 15 is 0 Å². The maximum absolute atomic E-state index is 12.9. The van der Waals surface area contributed by atoms with Crippen molar-refractivity contribution in [2.75, 3.05) is 13.2 Å². The Morgan fingerprint density at radius 1 is 0.308 bits per heavy atom. The predicted molar refractivity (Wildman–Crippen MR) is 280 cm³/mol. The number of unbranched alkanes of at least 4 members (excludes halogenated alkanes) is 40. The van der Waals surface area contributed by atoms with Crippen molar-refractivity contribution in [3.8, 4) is 0 Å². The molecule has 2 atom stereocenters. The van der Waals surface area contributed by atoms with Crippen LogP contribution in [0.4, 0.5) is 0 Å². The lowest BCUT2D eigenvalue weighted by molar-refractivity contribution is -0.167. The van der Waals surface area contributed by atoms with E-state index in [0.29, 0.717) is 19.3 Å². The SMILES string of the molecule is CCCCCCCCCCCCCCCC(=O)OC[C@H](COC(=O)CCCCCCCCCCCCCC)OC(=O)CCCCCCCCCCCCCCCCCCCCC(C)CC. The highest BCUT2D eigenvalue weighted by atomic mass is 16.6. The first-order valence-electron chi connectivity index (χ1n) is 29.4. The maximum Gasteiger partial charge on any atom is 0.306 e. The molecule has 0 N–H and O–H groups in total. The molecule has 0 radical (unpaired) electrons. The van der Waals surface area contributed by atoms with Gasteiger partial charge in [-0.3, -0.25) is 14.4 Å². The third kappa shape index (κ3) is 51.6. The second-order valence-corrected chi connectivity index (χ2v) is 20.5. The van der Waals surface area contributed by atoms with Gasteiger partial charge in [0.25, 0.3) is 0 Å². The number of hydrogen-bond donors (Lipinski definition) is 0. The normalized spacial score (nSPS) is 12.4. The molecule has 0 amide bonds. The molecule has 0 aliphatic rings. The molecule has 6 nitrogen and oxygen atoms in total. The van der Waals surface area contributed by atoms with E-state index in [0.717, 1.165) is 63.7 Å². The van der Waals surface area contributed by atoms with E-state index in [9.17, 15) is 14.4 Å². The summed E-state index contributed by atoms with van der Waals surface area (Å²) in [5.41, 5.74) is 0. The van der Waals surface area contributed by atoms with Gasteiger partial charge in [0, 0.05) is 19.3 Å². The summed E-state index contributed by atoms with van der Waals surface area (Å²) >= 11 is 0. The second kappa shape index (κ2) is 53.4. The maximum atomic E-state index is 12.9. The summed E-state index contributed by atoms with van der Waals surface area (Å²) in [6.07, 6.45) is 58.0. The summed E-state index contributed by atoms with van der Waals surface area (Å²) in [7, 11) is 0. The predicted octanol–water partition coefficient (Wildman–Crippen LogP) is 19.4. The van der Waals surface area contributed by atoms with Crippen molar-refractivity contribution in [2.24, 2.45) is 5.92 Å². The van der Waals surface area contributed by atoms with Crippen LogP contribution in [-0.2, 0) is 28.6 Å². The lowest BCUT2D eigenvalue weighted by Gasteiger charge is -2.18. The summed E-state index contributed by atoms with van der Waals surface area (Å²) in [4.78, 5) is 38.1. The molecule has 0 spiro atoms. The van der Waals surface area contributed by atoms with Crippen molar-refractivity contribution >= 4 is 17.9 Å². The van der Waals surface area contributed by atoms with Gasteiger partial charge in [0.05, 0.1) is 0 Å². The minimum atomic E-state index is -0.761. The number of carbonyl (C=O) groups excluding carboxylic acids is 3. The Kier molecular flexibility index (Phi) is 52.1. The lowest BCUT2D eigenvalue weighted by atomic mass is 9.99. The van der Waals surface area contributed by atoms with Crippen LogP contribution in [0.2, 0.25) is 0 Å². The van der Waals surface area contributed by atoms with Crippen LogP contribution in [-0.4, -0.2) is 37.2 Å². The van der Waals surface area contributed by atoms with E-state index in [1.165, 1.54) is 231 Å². The molecule has 65 heavy (non-hydrogen) atoms. The molecule has 0 aliphatic heterocycles. The highest BCUT2D eigenvalue weighted by Gasteiger charge is 2.19. The summed E-state index contributed by atoms with van der Waals surface area (Å²) in [6, 6.07) is 0. The molecule has 0 aromatic heterocycles. The molecule has 0 aromatic rings. The highest BCUT2D eigenvalue weighted by Crippen LogP contribution is 2.18. The van der Waals surface area contributed by atoms with Crippen molar-refractivity contribution in [1.29, 1.82) is 0 Å². The number of hydrogen-bond acceptors (Lipinski definition) is 6. The van der Waals surface area contributed by atoms with Crippen LogP contribution in [0.15, 0.2) is 0 Å². The molecule has 0 rings (SSSR count). The molecular weight excluding hydrogens is 805 g/mol. The van der Waals surface area contributed by atoms with Gasteiger partial charge in [-0.2, -0.15) is 0 Å². The Hall–Kier alpha value is -1.59. The van der Waals surface area contributed by atoms with Gasteiger partial charge in [-0.25, -0.2) is 0 Å².